The van der Waals surface area contributed by atoms with Gasteiger partial charge in [0.25, 0.3) is 5.91 Å². The highest BCUT2D eigenvalue weighted by atomic mass is 32.2. The summed E-state index contributed by atoms with van der Waals surface area (Å²) < 4.78 is 32.0. The van der Waals surface area contributed by atoms with Gasteiger partial charge in [0.15, 0.2) is 0 Å². The molecule has 3 aromatic rings. The maximum atomic E-state index is 12.6. The van der Waals surface area contributed by atoms with Crippen LogP contribution in [0, 0.1) is 0 Å². The Kier molecular flexibility index (Phi) is 4.10. The smallest absolute Gasteiger partial charge is 0.270 e. The van der Waals surface area contributed by atoms with Gasteiger partial charge in [-0.2, -0.15) is 4.31 Å². The highest BCUT2D eigenvalue weighted by molar-refractivity contribution is 7.88. The number of piperazine rings is 1. The van der Waals surface area contributed by atoms with Gasteiger partial charge in [0.05, 0.1) is 15.9 Å². The van der Waals surface area contributed by atoms with E-state index in [2.05, 4.69) is 14.7 Å². The van der Waals surface area contributed by atoms with Crippen molar-refractivity contribution in [3.05, 3.63) is 41.2 Å². The molecule has 1 fully saturated rings. The van der Waals surface area contributed by atoms with Crippen molar-refractivity contribution in [2.75, 3.05) is 26.2 Å². The highest BCUT2D eigenvalue weighted by Gasteiger charge is 2.30. The fourth-order valence-corrected chi connectivity index (χ4v) is 5.10. The minimum absolute atomic E-state index is 0.100. The highest BCUT2D eigenvalue weighted by Crippen LogP contribution is 2.22. The van der Waals surface area contributed by atoms with Crippen LogP contribution in [0.2, 0.25) is 0 Å². The van der Waals surface area contributed by atoms with Gasteiger partial charge in [0, 0.05) is 32.2 Å². The van der Waals surface area contributed by atoms with Crippen LogP contribution in [0.15, 0.2) is 34.4 Å². The van der Waals surface area contributed by atoms with Crippen molar-refractivity contribution in [2.24, 2.45) is 0 Å². The Morgan fingerprint density at radius 3 is 2.76 bits per heavy atom. The van der Waals surface area contributed by atoms with Crippen molar-refractivity contribution in [2.45, 2.75) is 5.75 Å². The van der Waals surface area contributed by atoms with E-state index in [-0.39, 0.29) is 24.7 Å². The third kappa shape index (κ3) is 3.20. The number of hydrogen-bond acceptors (Lipinski definition) is 6. The van der Waals surface area contributed by atoms with Crippen molar-refractivity contribution in [1.82, 2.24) is 19.3 Å². The fourth-order valence-electron chi connectivity index (χ4n) is 2.89. The van der Waals surface area contributed by atoms with Gasteiger partial charge >= 0.3 is 0 Å². The molecule has 1 aliphatic rings. The second-order valence-electron chi connectivity index (χ2n) is 5.82. The predicted octanol–water partition coefficient (Wildman–Crippen LogP) is 1.51. The Hall–Kier alpha value is -2.17. The van der Waals surface area contributed by atoms with E-state index in [4.69, 9.17) is 0 Å². The van der Waals surface area contributed by atoms with Gasteiger partial charge in [-0.25, -0.2) is 8.42 Å². The van der Waals surface area contributed by atoms with Gasteiger partial charge in [-0.1, -0.05) is 5.16 Å². The number of nitrogens with zero attached hydrogens (tertiary/aromatic N) is 3. The first-order valence-corrected chi connectivity index (χ1v) is 10.2. The molecule has 0 aromatic carbocycles. The molecule has 0 aliphatic carbocycles. The average Bonchev–Trinajstić information content (AvgIpc) is 3.30. The summed E-state index contributed by atoms with van der Waals surface area (Å²) in [6.45, 7) is 1.29. The SMILES string of the molecule is O=C(c1cc2sccc2[nH]1)N1CCN(S(=O)(=O)Cc2ccon2)CC1. The van der Waals surface area contributed by atoms with E-state index < -0.39 is 10.0 Å². The lowest BCUT2D eigenvalue weighted by atomic mass is 10.3. The third-order valence-electron chi connectivity index (χ3n) is 4.21. The Labute approximate surface area is 148 Å². The molecular weight excluding hydrogens is 364 g/mol. The number of thiophene rings is 1. The first-order chi connectivity index (χ1) is 12.0. The van der Waals surface area contributed by atoms with Crippen LogP contribution in [0.5, 0.6) is 0 Å². The predicted molar refractivity (Wildman–Crippen MR) is 92.8 cm³/mol. The number of carbonyl (C=O) groups excluding carboxylic acids is 1. The van der Waals surface area contributed by atoms with Crippen LogP contribution in [0.1, 0.15) is 16.2 Å². The number of aromatic amines is 1. The number of amides is 1. The summed E-state index contributed by atoms with van der Waals surface area (Å²) in [6, 6.07) is 5.31. The Morgan fingerprint density at radius 2 is 2.08 bits per heavy atom. The first-order valence-electron chi connectivity index (χ1n) is 7.75. The number of nitrogens with one attached hydrogen (secondary N) is 1. The molecule has 0 radical (unpaired) electrons. The van der Waals surface area contributed by atoms with Crippen LogP contribution in [0.25, 0.3) is 10.2 Å². The van der Waals surface area contributed by atoms with E-state index >= 15 is 0 Å². The minimum Gasteiger partial charge on any atom is -0.364 e. The van der Waals surface area contributed by atoms with E-state index in [0.29, 0.717) is 24.5 Å². The lowest BCUT2D eigenvalue weighted by Crippen LogP contribution is -2.50. The number of sulfonamides is 1. The molecule has 1 amide bonds. The minimum atomic E-state index is -3.46. The summed E-state index contributed by atoms with van der Waals surface area (Å²) in [4.78, 5) is 17.4. The lowest BCUT2D eigenvalue weighted by Gasteiger charge is -2.33. The molecule has 0 bridgehead atoms. The van der Waals surface area contributed by atoms with Gasteiger partial charge in [0.1, 0.15) is 17.7 Å². The van der Waals surface area contributed by atoms with Crippen LogP contribution in [0.4, 0.5) is 0 Å². The molecule has 4 heterocycles. The normalized spacial score (nSPS) is 16.6. The van der Waals surface area contributed by atoms with Gasteiger partial charge in [0.2, 0.25) is 10.0 Å². The summed E-state index contributed by atoms with van der Waals surface area (Å²) in [5.41, 5.74) is 1.87. The second kappa shape index (κ2) is 6.28. The summed E-state index contributed by atoms with van der Waals surface area (Å²) in [5.74, 6) is -0.290. The second-order valence-corrected chi connectivity index (χ2v) is 8.74. The van der Waals surface area contributed by atoms with Crippen LogP contribution < -0.4 is 0 Å². The van der Waals surface area contributed by atoms with E-state index in [1.807, 2.05) is 17.5 Å². The summed E-state index contributed by atoms with van der Waals surface area (Å²) in [6.07, 6.45) is 1.35. The average molecular weight is 380 g/mol. The largest absolute Gasteiger partial charge is 0.364 e. The van der Waals surface area contributed by atoms with Crippen LogP contribution in [-0.2, 0) is 15.8 Å². The molecule has 25 heavy (non-hydrogen) atoms. The van der Waals surface area contributed by atoms with E-state index in [0.717, 1.165) is 10.2 Å². The number of H-pyrrole nitrogens is 1. The molecule has 1 saturated heterocycles. The van der Waals surface area contributed by atoms with Gasteiger partial charge in [-0.05, 0) is 17.5 Å². The van der Waals surface area contributed by atoms with E-state index in [9.17, 15) is 13.2 Å². The summed E-state index contributed by atoms with van der Waals surface area (Å²) in [7, 11) is -3.46. The summed E-state index contributed by atoms with van der Waals surface area (Å²) >= 11 is 1.57. The monoisotopic (exact) mass is 380 g/mol. The molecule has 1 aliphatic heterocycles. The van der Waals surface area contributed by atoms with Crippen molar-refractivity contribution in [1.29, 1.82) is 0 Å². The van der Waals surface area contributed by atoms with Gasteiger partial charge in [-0.3, -0.25) is 4.79 Å². The zero-order valence-corrected chi connectivity index (χ0v) is 14.8. The topological polar surface area (TPSA) is 99.5 Å². The molecule has 1 N–H and O–H groups in total. The first kappa shape index (κ1) is 16.3. The number of rotatable bonds is 4. The van der Waals surface area contributed by atoms with Crippen LogP contribution in [0.3, 0.4) is 0 Å². The van der Waals surface area contributed by atoms with Crippen LogP contribution in [-0.4, -0.2) is 59.8 Å². The molecule has 3 aromatic heterocycles. The number of carbonyl (C=O) groups is 1. The van der Waals surface area contributed by atoms with Crippen LogP contribution >= 0.6 is 11.3 Å². The van der Waals surface area contributed by atoms with Crippen molar-refractivity contribution in [3.8, 4) is 0 Å². The quantitative estimate of drug-likeness (QED) is 0.739. The van der Waals surface area contributed by atoms with Gasteiger partial charge < -0.3 is 14.4 Å². The fraction of sp³-hybridized carbons (Fsp3) is 0.333. The maximum absolute atomic E-state index is 12.6. The number of hydrogen-bond donors (Lipinski definition) is 1. The van der Waals surface area contributed by atoms with Crippen molar-refractivity contribution >= 4 is 37.5 Å². The van der Waals surface area contributed by atoms with Crippen molar-refractivity contribution in [3.63, 3.8) is 0 Å². The summed E-state index contributed by atoms with van der Waals surface area (Å²) in [5, 5.41) is 5.61. The molecule has 0 atom stereocenters. The Bertz CT molecular complexity index is 954. The van der Waals surface area contributed by atoms with E-state index in [1.165, 1.54) is 16.6 Å². The molecule has 8 nitrogen and oxygen atoms in total. The molecule has 10 heteroatoms. The standard InChI is InChI=1S/C15H16N4O4S2/c20-15(13-9-14-12(16-13)2-8-24-14)18-3-5-19(6-4-18)25(21,22)10-11-1-7-23-17-11/h1-2,7-9,16H,3-6,10H2. The molecule has 4 rings (SSSR count). The maximum Gasteiger partial charge on any atom is 0.270 e. The Balaban J connectivity index is 1.40. The third-order valence-corrected chi connectivity index (χ3v) is 6.89. The lowest BCUT2D eigenvalue weighted by molar-refractivity contribution is 0.0693. The number of fused-ring (bicyclic) bond motifs is 1. The molecule has 132 valence electrons. The molecule has 0 saturated carbocycles. The zero-order chi connectivity index (χ0) is 17.4. The molecular formula is C15H16N4O4S2. The zero-order valence-electron chi connectivity index (χ0n) is 13.2. The number of aromatic nitrogens is 2. The van der Waals surface area contributed by atoms with E-state index in [1.54, 1.807) is 16.2 Å². The van der Waals surface area contributed by atoms with Gasteiger partial charge in [-0.15, -0.1) is 11.3 Å². The molecule has 0 unspecified atom stereocenters. The Morgan fingerprint density at radius 1 is 1.28 bits per heavy atom. The van der Waals surface area contributed by atoms with Crippen molar-refractivity contribution < 1.29 is 17.7 Å². The molecule has 0 spiro atoms.